The topological polar surface area (TPSA) is 39.1 Å². The van der Waals surface area contributed by atoms with E-state index in [2.05, 4.69) is 28.7 Å². The Morgan fingerprint density at radius 2 is 2.19 bits per heavy atom. The summed E-state index contributed by atoms with van der Waals surface area (Å²) in [6, 6.07) is 4.87. The van der Waals surface area contributed by atoms with Gasteiger partial charge in [0, 0.05) is 18.9 Å². The SMILES string of the molecule is CCCNC(c1ccc(F)c(OC)c1)c1nccn1CC. The summed E-state index contributed by atoms with van der Waals surface area (Å²) in [6.07, 6.45) is 4.76. The number of aryl methyl sites for hydroxylation is 1. The number of rotatable bonds is 7. The standard InChI is InChI=1S/C16H22FN3O/c1-4-8-18-15(16-19-9-10-20(16)5-2)12-6-7-13(17)14(11-12)21-3/h6-7,9-11,15,18H,4-5,8H2,1-3H3. The molecule has 0 amide bonds. The highest BCUT2D eigenvalue weighted by molar-refractivity contribution is 5.34. The summed E-state index contributed by atoms with van der Waals surface area (Å²) in [6.45, 7) is 5.90. The molecule has 114 valence electrons. The Kier molecular flexibility index (Phi) is 5.33. The van der Waals surface area contributed by atoms with Crippen molar-refractivity contribution in [2.24, 2.45) is 0 Å². The van der Waals surface area contributed by atoms with Gasteiger partial charge in [-0.1, -0.05) is 13.0 Å². The molecule has 21 heavy (non-hydrogen) atoms. The van der Waals surface area contributed by atoms with Crippen molar-refractivity contribution >= 4 is 0 Å². The van der Waals surface area contributed by atoms with Crippen LogP contribution in [0.5, 0.6) is 5.75 Å². The van der Waals surface area contributed by atoms with Gasteiger partial charge in [0.25, 0.3) is 0 Å². The van der Waals surface area contributed by atoms with Gasteiger partial charge in [0.05, 0.1) is 13.2 Å². The van der Waals surface area contributed by atoms with E-state index in [-0.39, 0.29) is 17.6 Å². The maximum atomic E-state index is 13.6. The van der Waals surface area contributed by atoms with Gasteiger partial charge in [-0.05, 0) is 37.6 Å². The Morgan fingerprint density at radius 1 is 1.38 bits per heavy atom. The monoisotopic (exact) mass is 291 g/mol. The van der Waals surface area contributed by atoms with Gasteiger partial charge in [-0.25, -0.2) is 9.37 Å². The maximum Gasteiger partial charge on any atom is 0.165 e. The predicted molar refractivity (Wildman–Crippen MR) is 81.0 cm³/mol. The van der Waals surface area contributed by atoms with Crippen LogP contribution in [0.1, 0.15) is 37.7 Å². The number of imidazole rings is 1. The number of benzene rings is 1. The first kappa shape index (κ1) is 15.5. The Bertz CT molecular complexity index is 583. The van der Waals surface area contributed by atoms with E-state index in [1.807, 2.05) is 6.20 Å². The molecule has 0 saturated heterocycles. The highest BCUT2D eigenvalue weighted by Crippen LogP contribution is 2.26. The van der Waals surface area contributed by atoms with Gasteiger partial charge in [-0.15, -0.1) is 0 Å². The minimum Gasteiger partial charge on any atom is -0.494 e. The second-order valence-electron chi connectivity index (χ2n) is 4.85. The van der Waals surface area contributed by atoms with Crippen LogP contribution in [-0.4, -0.2) is 23.2 Å². The number of methoxy groups -OCH3 is 1. The normalized spacial score (nSPS) is 12.4. The number of ether oxygens (including phenoxy) is 1. The molecule has 1 aromatic heterocycles. The van der Waals surface area contributed by atoms with E-state index >= 15 is 0 Å². The zero-order valence-electron chi connectivity index (χ0n) is 12.8. The van der Waals surface area contributed by atoms with Crippen LogP contribution in [-0.2, 0) is 6.54 Å². The molecule has 0 radical (unpaired) electrons. The highest BCUT2D eigenvalue weighted by Gasteiger charge is 2.19. The van der Waals surface area contributed by atoms with Crippen LogP contribution in [0.15, 0.2) is 30.6 Å². The molecule has 1 aromatic carbocycles. The lowest BCUT2D eigenvalue weighted by atomic mass is 10.1. The molecule has 4 nitrogen and oxygen atoms in total. The van der Waals surface area contributed by atoms with Crippen LogP contribution in [0, 0.1) is 5.82 Å². The molecule has 1 atom stereocenters. The van der Waals surface area contributed by atoms with E-state index in [0.29, 0.717) is 0 Å². The first-order valence-corrected chi connectivity index (χ1v) is 7.29. The third kappa shape index (κ3) is 3.42. The zero-order valence-corrected chi connectivity index (χ0v) is 12.8. The van der Waals surface area contributed by atoms with Crippen molar-refractivity contribution in [3.05, 3.63) is 47.8 Å². The molecule has 0 saturated carbocycles. The Balaban J connectivity index is 2.40. The predicted octanol–water partition coefficient (Wildman–Crippen LogP) is 3.14. The second-order valence-corrected chi connectivity index (χ2v) is 4.85. The number of aromatic nitrogens is 2. The fourth-order valence-corrected chi connectivity index (χ4v) is 2.35. The Hall–Kier alpha value is -1.88. The number of nitrogens with one attached hydrogen (secondary N) is 1. The summed E-state index contributed by atoms with van der Waals surface area (Å²) < 4.78 is 20.8. The van der Waals surface area contributed by atoms with Gasteiger partial charge in [0.1, 0.15) is 5.82 Å². The van der Waals surface area contributed by atoms with Gasteiger partial charge >= 0.3 is 0 Å². The summed E-state index contributed by atoms with van der Waals surface area (Å²) in [5, 5.41) is 3.47. The van der Waals surface area contributed by atoms with E-state index in [1.165, 1.54) is 13.2 Å². The van der Waals surface area contributed by atoms with Crippen LogP contribution in [0.25, 0.3) is 0 Å². The number of nitrogens with zero attached hydrogens (tertiary/aromatic N) is 2. The van der Waals surface area contributed by atoms with E-state index in [4.69, 9.17) is 4.74 Å². The van der Waals surface area contributed by atoms with Crippen molar-refractivity contribution in [3.8, 4) is 5.75 Å². The highest BCUT2D eigenvalue weighted by atomic mass is 19.1. The molecule has 0 aliphatic rings. The summed E-state index contributed by atoms with van der Waals surface area (Å²) >= 11 is 0. The molecule has 0 spiro atoms. The molecule has 0 bridgehead atoms. The van der Waals surface area contributed by atoms with Crippen LogP contribution < -0.4 is 10.1 Å². The number of hydrogen-bond donors (Lipinski definition) is 1. The average molecular weight is 291 g/mol. The molecule has 0 fully saturated rings. The summed E-state index contributed by atoms with van der Waals surface area (Å²) in [5.74, 6) is 0.833. The zero-order chi connectivity index (χ0) is 15.2. The van der Waals surface area contributed by atoms with E-state index < -0.39 is 0 Å². The molecule has 1 unspecified atom stereocenters. The lowest BCUT2D eigenvalue weighted by Crippen LogP contribution is -2.26. The molecule has 1 heterocycles. The van der Waals surface area contributed by atoms with Gasteiger partial charge in [-0.3, -0.25) is 0 Å². The van der Waals surface area contributed by atoms with Gasteiger partial charge in [-0.2, -0.15) is 0 Å². The molecular weight excluding hydrogens is 269 g/mol. The summed E-state index contributed by atoms with van der Waals surface area (Å²) in [7, 11) is 1.48. The van der Waals surface area contributed by atoms with Crippen LogP contribution in [0.3, 0.4) is 0 Å². The lowest BCUT2D eigenvalue weighted by molar-refractivity contribution is 0.385. The van der Waals surface area contributed by atoms with Crippen molar-refractivity contribution < 1.29 is 9.13 Å². The first-order valence-electron chi connectivity index (χ1n) is 7.29. The van der Waals surface area contributed by atoms with E-state index in [0.717, 1.165) is 30.9 Å². The Labute approximate surface area is 125 Å². The third-order valence-corrected chi connectivity index (χ3v) is 3.45. The van der Waals surface area contributed by atoms with Crippen molar-refractivity contribution in [1.82, 2.24) is 14.9 Å². The van der Waals surface area contributed by atoms with Crippen molar-refractivity contribution in [2.45, 2.75) is 32.9 Å². The minimum absolute atomic E-state index is 0.0746. The first-order chi connectivity index (χ1) is 10.2. The molecule has 1 N–H and O–H groups in total. The van der Waals surface area contributed by atoms with Crippen molar-refractivity contribution in [1.29, 1.82) is 0 Å². The fraction of sp³-hybridized carbons (Fsp3) is 0.438. The molecule has 0 aliphatic carbocycles. The summed E-state index contributed by atoms with van der Waals surface area (Å²) in [5.41, 5.74) is 0.947. The molecule has 5 heteroatoms. The quantitative estimate of drug-likeness (QED) is 0.852. The fourth-order valence-electron chi connectivity index (χ4n) is 2.35. The van der Waals surface area contributed by atoms with Gasteiger partial charge in [0.2, 0.25) is 0 Å². The van der Waals surface area contributed by atoms with E-state index in [1.54, 1.807) is 18.3 Å². The molecular formula is C16H22FN3O. The van der Waals surface area contributed by atoms with Gasteiger partial charge < -0.3 is 14.6 Å². The van der Waals surface area contributed by atoms with Crippen LogP contribution in [0.2, 0.25) is 0 Å². The van der Waals surface area contributed by atoms with E-state index in [9.17, 15) is 4.39 Å². The lowest BCUT2D eigenvalue weighted by Gasteiger charge is -2.20. The largest absolute Gasteiger partial charge is 0.494 e. The number of hydrogen-bond acceptors (Lipinski definition) is 3. The smallest absolute Gasteiger partial charge is 0.165 e. The third-order valence-electron chi connectivity index (χ3n) is 3.45. The van der Waals surface area contributed by atoms with Crippen LogP contribution >= 0.6 is 0 Å². The molecule has 2 rings (SSSR count). The maximum absolute atomic E-state index is 13.6. The average Bonchev–Trinajstić information content (AvgIpc) is 2.97. The van der Waals surface area contributed by atoms with Crippen molar-refractivity contribution in [2.75, 3.05) is 13.7 Å². The van der Waals surface area contributed by atoms with Gasteiger partial charge in [0.15, 0.2) is 11.6 Å². The summed E-state index contributed by atoms with van der Waals surface area (Å²) in [4.78, 5) is 4.46. The molecule has 0 aliphatic heterocycles. The molecule has 2 aromatic rings. The second kappa shape index (κ2) is 7.22. The van der Waals surface area contributed by atoms with Crippen molar-refractivity contribution in [3.63, 3.8) is 0 Å². The Morgan fingerprint density at radius 3 is 2.86 bits per heavy atom. The number of halogens is 1. The van der Waals surface area contributed by atoms with Crippen LogP contribution in [0.4, 0.5) is 4.39 Å². The minimum atomic E-state index is -0.352.